The number of hydrazine groups is 1. The third-order valence-electron chi connectivity index (χ3n) is 2.29. The van der Waals surface area contributed by atoms with E-state index in [2.05, 4.69) is 25.7 Å². The van der Waals surface area contributed by atoms with Crippen molar-refractivity contribution in [3.8, 4) is 6.01 Å². The monoisotopic (exact) mass is 306 g/mol. The van der Waals surface area contributed by atoms with Crippen LogP contribution in [0.1, 0.15) is 6.92 Å². The fourth-order valence-corrected chi connectivity index (χ4v) is 2.19. The maximum Gasteiger partial charge on any atom is 0.322 e. The Morgan fingerprint density at radius 3 is 2.52 bits per heavy atom. The van der Waals surface area contributed by atoms with Crippen LogP contribution in [0, 0.1) is 0 Å². The van der Waals surface area contributed by atoms with Crippen molar-refractivity contribution in [2.75, 3.05) is 17.9 Å². The lowest BCUT2D eigenvalue weighted by Gasteiger charge is -2.06. The summed E-state index contributed by atoms with van der Waals surface area (Å²) in [7, 11) is 1.46. The zero-order valence-electron chi connectivity index (χ0n) is 11.5. The number of methoxy groups -OCH3 is 1. The second-order valence-corrected chi connectivity index (χ2v) is 4.92. The molecule has 0 aliphatic heterocycles. The molecule has 0 atom stereocenters. The number of hydrogen-bond acceptors (Lipinski definition) is 8. The maximum atomic E-state index is 11.0. The molecule has 110 valence electrons. The molecule has 0 bridgehead atoms. The normalized spacial score (nSPS) is 10.0. The molecule has 1 aromatic heterocycles. The summed E-state index contributed by atoms with van der Waals surface area (Å²) < 4.78 is 4.98. The molecule has 8 nitrogen and oxygen atoms in total. The summed E-state index contributed by atoms with van der Waals surface area (Å²) in [4.78, 5) is 24.0. The number of nitrogens with two attached hydrogens (primary N) is 1. The first-order valence-electron chi connectivity index (χ1n) is 5.93. The van der Waals surface area contributed by atoms with Gasteiger partial charge in [-0.2, -0.15) is 15.0 Å². The summed E-state index contributed by atoms with van der Waals surface area (Å²) >= 11 is 1.32. The summed E-state index contributed by atoms with van der Waals surface area (Å²) in [5.74, 6) is 5.40. The Labute approximate surface area is 125 Å². The van der Waals surface area contributed by atoms with Crippen molar-refractivity contribution in [1.82, 2.24) is 15.0 Å². The van der Waals surface area contributed by atoms with Gasteiger partial charge >= 0.3 is 6.01 Å². The number of benzene rings is 1. The average molecular weight is 306 g/mol. The van der Waals surface area contributed by atoms with Crippen LogP contribution in [0.3, 0.4) is 0 Å². The highest BCUT2D eigenvalue weighted by Gasteiger charge is 2.08. The lowest BCUT2D eigenvalue weighted by atomic mass is 10.3. The molecule has 4 N–H and O–H groups in total. The zero-order chi connectivity index (χ0) is 15.2. The predicted octanol–water partition coefficient (Wildman–Crippen LogP) is 1.28. The largest absolute Gasteiger partial charge is 0.467 e. The zero-order valence-corrected chi connectivity index (χ0v) is 12.3. The van der Waals surface area contributed by atoms with Crippen LogP contribution < -0.4 is 21.3 Å². The van der Waals surface area contributed by atoms with E-state index in [1.807, 2.05) is 12.1 Å². The van der Waals surface area contributed by atoms with Gasteiger partial charge in [-0.25, -0.2) is 5.84 Å². The molecule has 2 aromatic rings. The van der Waals surface area contributed by atoms with Gasteiger partial charge in [0.1, 0.15) is 0 Å². The quantitative estimate of drug-likeness (QED) is 0.559. The standard InChI is InChI=1S/C12H14N6O2S/c1-7(19)14-8-3-5-9(6-4-8)21-12-16-10(18-13)15-11(17-12)20-2/h3-6H,13H2,1-2H3,(H,14,19)(H,15,16,17,18). The molecule has 0 aliphatic carbocycles. The van der Waals surface area contributed by atoms with Crippen LogP contribution >= 0.6 is 11.8 Å². The van der Waals surface area contributed by atoms with Crippen LogP contribution in [0.5, 0.6) is 6.01 Å². The van der Waals surface area contributed by atoms with E-state index >= 15 is 0 Å². The van der Waals surface area contributed by atoms with E-state index in [0.717, 1.165) is 10.6 Å². The summed E-state index contributed by atoms with van der Waals surface area (Å²) in [6.45, 7) is 1.46. The van der Waals surface area contributed by atoms with Gasteiger partial charge in [-0.1, -0.05) is 0 Å². The maximum absolute atomic E-state index is 11.0. The molecule has 21 heavy (non-hydrogen) atoms. The molecule has 1 amide bonds. The number of hydrogen-bond donors (Lipinski definition) is 3. The molecule has 0 saturated carbocycles. The Morgan fingerprint density at radius 1 is 1.24 bits per heavy atom. The molecule has 0 unspecified atom stereocenters. The molecule has 0 radical (unpaired) electrons. The van der Waals surface area contributed by atoms with Gasteiger partial charge in [0.15, 0.2) is 0 Å². The van der Waals surface area contributed by atoms with Crippen molar-refractivity contribution in [3.05, 3.63) is 24.3 Å². The third kappa shape index (κ3) is 4.29. The Hall–Kier alpha value is -2.39. The minimum atomic E-state index is -0.115. The van der Waals surface area contributed by atoms with Gasteiger partial charge in [-0.15, -0.1) is 0 Å². The van der Waals surface area contributed by atoms with Gasteiger partial charge < -0.3 is 10.1 Å². The van der Waals surface area contributed by atoms with Crippen LogP contribution in [-0.4, -0.2) is 28.0 Å². The average Bonchev–Trinajstić information content (AvgIpc) is 2.48. The number of nitrogens with zero attached hydrogens (tertiary/aromatic N) is 3. The van der Waals surface area contributed by atoms with Crippen LogP contribution in [0.2, 0.25) is 0 Å². The molecular formula is C12H14N6O2S. The molecule has 2 rings (SSSR count). The van der Waals surface area contributed by atoms with Crippen molar-refractivity contribution >= 4 is 29.3 Å². The smallest absolute Gasteiger partial charge is 0.322 e. The lowest BCUT2D eigenvalue weighted by molar-refractivity contribution is -0.114. The molecule has 1 heterocycles. The van der Waals surface area contributed by atoms with Gasteiger partial charge in [0, 0.05) is 17.5 Å². The van der Waals surface area contributed by atoms with E-state index < -0.39 is 0 Å². The highest BCUT2D eigenvalue weighted by atomic mass is 32.2. The first-order valence-corrected chi connectivity index (χ1v) is 6.74. The van der Waals surface area contributed by atoms with Crippen molar-refractivity contribution in [1.29, 1.82) is 0 Å². The predicted molar refractivity (Wildman–Crippen MR) is 79.1 cm³/mol. The summed E-state index contributed by atoms with van der Waals surface area (Å²) in [6, 6.07) is 7.47. The van der Waals surface area contributed by atoms with Gasteiger partial charge in [-0.3, -0.25) is 10.2 Å². The Kier molecular flexibility index (Phi) is 4.90. The van der Waals surface area contributed by atoms with Gasteiger partial charge in [0.05, 0.1) is 7.11 Å². The second kappa shape index (κ2) is 6.86. The minimum Gasteiger partial charge on any atom is -0.467 e. The molecule has 1 aromatic carbocycles. The Morgan fingerprint density at radius 2 is 1.95 bits per heavy atom. The number of rotatable bonds is 5. The van der Waals surface area contributed by atoms with Crippen molar-refractivity contribution in [3.63, 3.8) is 0 Å². The van der Waals surface area contributed by atoms with E-state index in [-0.39, 0.29) is 17.9 Å². The fourth-order valence-electron chi connectivity index (χ4n) is 1.45. The van der Waals surface area contributed by atoms with Crippen LogP contribution in [0.4, 0.5) is 11.6 Å². The molecular weight excluding hydrogens is 292 g/mol. The van der Waals surface area contributed by atoms with Crippen LogP contribution in [0.25, 0.3) is 0 Å². The Bertz CT molecular complexity index is 612. The SMILES string of the molecule is COc1nc(NN)nc(Sc2ccc(NC(C)=O)cc2)n1. The molecule has 0 fully saturated rings. The van der Waals surface area contributed by atoms with E-state index in [4.69, 9.17) is 10.6 Å². The summed E-state index contributed by atoms with van der Waals surface area (Å²) in [6.07, 6.45) is 0. The number of nitrogen functional groups attached to an aromatic ring is 1. The number of anilines is 2. The number of aromatic nitrogens is 3. The molecule has 0 aliphatic rings. The van der Waals surface area contributed by atoms with Crippen molar-refractivity contribution in [2.45, 2.75) is 17.0 Å². The van der Waals surface area contributed by atoms with E-state index in [9.17, 15) is 4.79 Å². The minimum absolute atomic E-state index is 0.115. The Balaban J connectivity index is 2.15. The summed E-state index contributed by atoms with van der Waals surface area (Å²) in [5, 5.41) is 3.14. The number of amides is 1. The van der Waals surface area contributed by atoms with Gasteiger partial charge in [0.25, 0.3) is 0 Å². The second-order valence-electron chi connectivity index (χ2n) is 3.88. The number of carbonyl (C=O) groups excluding carboxylic acids is 1. The third-order valence-corrected chi connectivity index (χ3v) is 3.16. The fraction of sp³-hybridized carbons (Fsp3) is 0.167. The van der Waals surface area contributed by atoms with Crippen LogP contribution in [0.15, 0.2) is 34.3 Å². The number of nitrogens with one attached hydrogen (secondary N) is 2. The topological polar surface area (TPSA) is 115 Å². The van der Waals surface area contributed by atoms with E-state index in [1.54, 1.807) is 12.1 Å². The van der Waals surface area contributed by atoms with E-state index in [0.29, 0.717) is 5.16 Å². The molecule has 9 heteroatoms. The lowest BCUT2D eigenvalue weighted by Crippen LogP contribution is -2.12. The first kappa shape index (κ1) is 15.0. The number of ether oxygens (including phenoxy) is 1. The van der Waals surface area contributed by atoms with Crippen LogP contribution in [-0.2, 0) is 4.79 Å². The first-order chi connectivity index (χ1) is 10.1. The highest BCUT2D eigenvalue weighted by Crippen LogP contribution is 2.27. The number of carbonyl (C=O) groups is 1. The molecule has 0 saturated heterocycles. The highest BCUT2D eigenvalue weighted by molar-refractivity contribution is 7.99. The van der Waals surface area contributed by atoms with Gasteiger partial charge in [0.2, 0.25) is 17.0 Å². The van der Waals surface area contributed by atoms with Gasteiger partial charge in [-0.05, 0) is 36.0 Å². The summed E-state index contributed by atoms with van der Waals surface area (Å²) in [5.41, 5.74) is 3.08. The van der Waals surface area contributed by atoms with E-state index in [1.165, 1.54) is 25.8 Å². The van der Waals surface area contributed by atoms with Crippen molar-refractivity contribution < 1.29 is 9.53 Å². The van der Waals surface area contributed by atoms with Crippen molar-refractivity contribution in [2.24, 2.45) is 5.84 Å². The molecule has 0 spiro atoms.